The number of amides is 1. The number of pyridine rings is 1. The van der Waals surface area contributed by atoms with Crippen molar-refractivity contribution in [1.82, 2.24) is 4.98 Å². The van der Waals surface area contributed by atoms with E-state index in [1.807, 2.05) is 30.3 Å². The number of carbonyl (C=O) groups excluding carboxylic acids is 1. The number of ether oxygens (including phenoxy) is 2. The van der Waals surface area contributed by atoms with Gasteiger partial charge in [-0.15, -0.1) is 11.8 Å². The summed E-state index contributed by atoms with van der Waals surface area (Å²) in [5.74, 6) is 1.43. The summed E-state index contributed by atoms with van der Waals surface area (Å²) in [5.41, 5.74) is 2.15. The van der Waals surface area contributed by atoms with Crippen LogP contribution in [0.4, 0.5) is 11.4 Å². The Hall–Kier alpha value is -3.03. The number of nitrogens with zero attached hydrogens (tertiary/aromatic N) is 2. The first-order valence-electron chi connectivity index (χ1n) is 8.75. The topological polar surface area (TPSA) is 72.8 Å². The van der Waals surface area contributed by atoms with Crippen LogP contribution in [0.25, 0.3) is 0 Å². The molecule has 1 aliphatic rings. The lowest BCUT2D eigenvalue weighted by molar-refractivity contribution is -0.113. The highest BCUT2D eigenvalue weighted by atomic mass is 35.5. The molecule has 2 aromatic carbocycles. The Morgan fingerprint density at radius 2 is 2.03 bits per heavy atom. The number of fused-ring (bicyclic) bond motifs is 1. The van der Waals surface area contributed by atoms with Gasteiger partial charge in [-0.25, -0.2) is 4.98 Å². The van der Waals surface area contributed by atoms with Crippen LogP contribution in [0.1, 0.15) is 5.56 Å². The molecule has 0 saturated heterocycles. The predicted molar refractivity (Wildman–Crippen MR) is 115 cm³/mol. The van der Waals surface area contributed by atoms with Crippen LogP contribution >= 0.6 is 23.4 Å². The second-order valence-corrected chi connectivity index (χ2v) is 7.39. The van der Waals surface area contributed by atoms with Crippen LogP contribution in [0.15, 0.2) is 70.7 Å². The van der Waals surface area contributed by atoms with Gasteiger partial charge in [0.2, 0.25) is 12.7 Å². The smallest absolute Gasteiger partial charge is 0.234 e. The first kappa shape index (κ1) is 19.3. The van der Waals surface area contributed by atoms with Gasteiger partial charge in [0.1, 0.15) is 5.15 Å². The summed E-state index contributed by atoms with van der Waals surface area (Å²) in [6.45, 7) is 0.199. The SMILES string of the molecule is O=C(CSc1ccccc1N=Cc1cccnc1Cl)Nc1ccc2c(c1)OCO2. The lowest BCUT2D eigenvalue weighted by Crippen LogP contribution is -2.13. The molecule has 1 aliphatic heterocycles. The normalized spacial score (nSPS) is 12.3. The first-order valence-corrected chi connectivity index (χ1v) is 10.1. The van der Waals surface area contributed by atoms with Crippen molar-refractivity contribution in [3.63, 3.8) is 0 Å². The minimum absolute atomic E-state index is 0.122. The van der Waals surface area contributed by atoms with Gasteiger partial charge in [0, 0.05) is 34.6 Å². The van der Waals surface area contributed by atoms with E-state index in [4.69, 9.17) is 21.1 Å². The van der Waals surface area contributed by atoms with Crippen LogP contribution in [0.3, 0.4) is 0 Å². The highest BCUT2D eigenvalue weighted by Gasteiger charge is 2.14. The van der Waals surface area contributed by atoms with E-state index in [0.717, 1.165) is 16.1 Å². The summed E-state index contributed by atoms with van der Waals surface area (Å²) >= 11 is 7.48. The van der Waals surface area contributed by atoms with Gasteiger partial charge in [0.25, 0.3) is 0 Å². The van der Waals surface area contributed by atoms with Crippen LogP contribution in [-0.4, -0.2) is 29.7 Å². The van der Waals surface area contributed by atoms with Gasteiger partial charge < -0.3 is 14.8 Å². The van der Waals surface area contributed by atoms with Crippen LogP contribution in [0.5, 0.6) is 11.5 Å². The number of hydrogen-bond acceptors (Lipinski definition) is 6. The standard InChI is InChI=1S/C21H16ClN3O3S/c22-21-14(4-3-9-23-21)11-24-16-5-1-2-6-19(16)29-12-20(26)25-15-7-8-17-18(10-15)28-13-27-17/h1-11H,12-13H2,(H,25,26). The lowest BCUT2D eigenvalue weighted by atomic mass is 10.3. The van der Waals surface area contributed by atoms with Gasteiger partial charge in [0.05, 0.1) is 11.4 Å². The Kier molecular flexibility index (Phi) is 5.97. The number of halogens is 1. The van der Waals surface area contributed by atoms with Gasteiger partial charge in [-0.1, -0.05) is 23.7 Å². The monoisotopic (exact) mass is 425 g/mol. The molecule has 3 aromatic rings. The third-order valence-corrected chi connectivity index (χ3v) is 5.39. The van der Waals surface area contributed by atoms with E-state index in [9.17, 15) is 4.79 Å². The zero-order valence-corrected chi connectivity index (χ0v) is 16.7. The minimum atomic E-state index is -0.122. The molecule has 0 unspecified atom stereocenters. The summed E-state index contributed by atoms with van der Waals surface area (Å²) in [4.78, 5) is 21.8. The highest BCUT2D eigenvalue weighted by molar-refractivity contribution is 8.00. The van der Waals surface area contributed by atoms with E-state index in [2.05, 4.69) is 15.3 Å². The Morgan fingerprint density at radius 3 is 2.93 bits per heavy atom. The van der Waals surface area contributed by atoms with Crippen LogP contribution in [-0.2, 0) is 4.79 Å². The van der Waals surface area contributed by atoms with Gasteiger partial charge >= 0.3 is 0 Å². The van der Waals surface area contributed by atoms with Crippen LogP contribution < -0.4 is 14.8 Å². The fraction of sp³-hybridized carbons (Fsp3) is 0.0952. The number of carbonyl (C=O) groups is 1. The number of rotatable bonds is 6. The van der Waals surface area contributed by atoms with Gasteiger partial charge in [-0.3, -0.25) is 9.79 Å². The minimum Gasteiger partial charge on any atom is -0.454 e. The highest BCUT2D eigenvalue weighted by Crippen LogP contribution is 2.34. The van der Waals surface area contributed by atoms with E-state index in [-0.39, 0.29) is 18.5 Å². The molecule has 1 amide bonds. The summed E-state index contributed by atoms with van der Waals surface area (Å²) in [6, 6.07) is 16.6. The first-order chi connectivity index (χ1) is 14.2. The Morgan fingerprint density at radius 1 is 1.17 bits per heavy atom. The van der Waals surface area contributed by atoms with Gasteiger partial charge in [-0.2, -0.15) is 0 Å². The van der Waals surface area contributed by atoms with Crippen LogP contribution in [0.2, 0.25) is 5.15 Å². The second-order valence-electron chi connectivity index (χ2n) is 6.01. The molecule has 0 radical (unpaired) electrons. The second kappa shape index (κ2) is 8.98. The zero-order valence-electron chi connectivity index (χ0n) is 15.2. The molecule has 0 saturated carbocycles. The molecule has 1 aromatic heterocycles. The molecule has 0 fully saturated rings. The largest absolute Gasteiger partial charge is 0.454 e. The molecule has 0 atom stereocenters. The maximum Gasteiger partial charge on any atom is 0.234 e. The number of hydrogen-bond donors (Lipinski definition) is 1. The van der Waals surface area contributed by atoms with Gasteiger partial charge in [0.15, 0.2) is 11.5 Å². The molecule has 8 heteroatoms. The molecule has 0 bridgehead atoms. The fourth-order valence-corrected chi connectivity index (χ4v) is 3.60. The van der Waals surface area contributed by atoms with Crippen molar-refractivity contribution in [2.24, 2.45) is 4.99 Å². The molecule has 6 nitrogen and oxygen atoms in total. The zero-order chi connectivity index (χ0) is 20.1. The summed E-state index contributed by atoms with van der Waals surface area (Å²) in [6.07, 6.45) is 3.30. The summed E-state index contributed by atoms with van der Waals surface area (Å²) in [7, 11) is 0. The van der Waals surface area contributed by atoms with E-state index < -0.39 is 0 Å². The molecule has 146 valence electrons. The van der Waals surface area contributed by atoms with E-state index in [0.29, 0.717) is 22.3 Å². The van der Waals surface area contributed by atoms with Crippen molar-refractivity contribution in [3.05, 3.63) is 71.5 Å². The Balaban J connectivity index is 1.40. The molecule has 0 aliphatic carbocycles. The van der Waals surface area contributed by atoms with E-state index >= 15 is 0 Å². The van der Waals surface area contributed by atoms with Crippen molar-refractivity contribution in [1.29, 1.82) is 0 Å². The summed E-state index contributed by atoms with van der Waals surface area (Å²) < 4.78 is 10.6. The van der Waals surface area contributed by atoms with Crippen molar-refractivity contribution in [3.8, 4) is 11.5 Å². The third-order valence-electron chi connectivity index (χ3n) is 4.01. The van der Waals surface area contributed by atoms with Crippen LogP contribution in [0, 0.1) is 0 Å². The Bertz CT molecular complexity index is 1070. The molecule has 2 heterocycles. The van der Waals surface area contributed by atoms with E-state index in [1.54, 1.807) is 36.7 Å². The number of anilines is 1. The average Bonchev–Trinajstić information content (AvgIpc) is 3.20. The van der Waals surface area contributed by atoms with Crippen molar-refractivity contribution < 1.29 is 14.3 Å². The van der Waals surface area contributed by atoms with Crippen molar-refractivity contribution >= 4 is 46.9 Å². The lowest BCUT2D eigenvalue weighted by Gasteiger charge is -2.07. The van der Waals surface area contributed by atoms with Gasteiger partial charge in [-0.05, 0) is 36.4 Å². The number of benzene rings is 2. The van der Waals surface area contributed by atoms with Crippen molar-refractivity contribution in [2.45, 2.75) is 4.90 Å². The number of aromatic nitrogens is 1. The number of para-hydroxylation sites is 1. The molecule has 29 heavy (non-hydrogen) atoms. The number of thioether (sulfide) groups is 1. The number of aliphatic imine (C=N–C) groups is 1. The maximum atomic E-state index is 12.4. The third kappa shape index (κ3) is 4.88. The fourth-order valence-electron chi connectivity index (χ4n) is 2.63. The maximum absolute atomic E-state index is 12.4. The Labute approximate surface area is 176 Å². The number of nitrogens with one attached hydrogen (secondary N) is 1. The molecule has 1 N–H and O–H groups in total. The molecule has 4 rings (SSSR count). The molecule has 0 spiro atoms. The van der Waals surface area contributed by atoms with Crippen molar-refractivity contribution in [2.75, 3.05) is 17.9 Å². The molecular weight excluding hydrogens is 410 g/mol. The summed E-state index contributed by atoms with van der Waals surface area (Å²) in [5, 5.41) is 3.26. The molecular formula is C21H16ClN3O3S. The predicted octanol–water partition coefficient (Wildman–Crippen LogP) is 4.95. The van der Waals surface area contributed by atoms with E-state index in [1.165, 1.54) is 11.8 Å². The quantitative estimate of drug-likeness (QED) is 0.344. The average molecular weight is 426 g/mol.